The summed E-state index contributed by atoms with van der Waals surface area (Å²) in [7, 11) is 0. The van der Waals surface area contributed by atoms with Crippen LogP contribution < -0.4 is 10.2 Å². The quantitative estimate of drug-likeness (QED) is 0.472. The molecule has 0 aliphatic rings. The van der Waals surface area contributed by atoms with Gasteiger partial charge in [-0.1, -0.05) is 6.92 Å². The Hall–Kier alpha value is -2.89. The summed E-state index contributed by atoms with van der Waals surface area (Å²) in [6.07, 6.45) is 2.83. The molecule has 0 saturated carbocycles. The Bertz CT molecular complexity index is 666. The van der Waals surface area contributed by atoms with Gasteiger partial charge in [-0.05, 0) is 55.3 Å². The fraction of sp³-hybridized carbons (Fsp3) is 0.235. The van der Waals surface area contributed by atoms with E-state index in [1.54, 1.807) is 18.3 Å². The van der Waals surface area contributed by atoms with Gasteiger partial charge in [-0.2, -0.15) is 5.10 Å². The van der Waals surface area contributed by atoms with Crippen LogP contribution in [0.2, 0.25) is 0 Å². The van der Waals surface area contributed by atoms with Crippen LogP contribution in [0.4, 0.5) is 11.4 Å². The lowest BCUT2D eigenvalue weighted by atomic mass is 10.2. The number of hydrogen-bond acceptors (Lipinski definition) is 5. The third-order valence-corrected chi connectivity index (χ3v) is 3.28. The van der Waals surface area contributed by atoms with Crippen LogP contribution >= 0.6 is 0 Å². The highest BCUT2D eigenvalue weighted by atomic mass is 16.6. The van der Waals surface area contributed by atoms with E-state index in [4.69, 9.17) is 4.74 Å². The SMILES string of the molecule is CC[C@H](C)Oc1ccc(/C=N/Nc2ccc([N+](=O)[O-])cc2)cc1. The minimum atomic E-state index is -0.434. The molecule has 0 heterocycles. The summed E-state index contributed by atoms with van der Waals surface area (Å²) in [6, 6.07) is 13.7. The third kappa shape index (κ3) is 5.10. The molecule has 6 heteroatoms. The van der Waals surface area contributed by atoms with Crippen molar-refractivity contribution in [3.63, 3.8) is 0 Å². The molecular formula is C17H19N3O3. The predicted octanol–water partition coefficient (Wildman–Crippen LogP) is 4.22. The van der Waals surface area contributed by atoms with Crippen molar-refractivity contribution in [2.45, 2.75) is 26.4 Å². The van der Waals surface area contributed by atoms with Crippen molar-refractivity contribution in [1.82, 2.24) is 0 Å². The number of benzene rings is 2. The Morgan fingerprint density at radius 1 is 1.22 bits per heavy atom. The van der Waals surface area contributed by atoms with E-state index in [0.717, 1.165) is 17.7 Å². The van der Waals surface area contributed by atoms with Crippen molar-refractivity contribution in [3.05, 3.63) is 64.2 Å². The zero-order chi connectivity index (χ0) is 16.7. The van der Waals surface area contributed by atoms with Gasteiger partial charge in [0.2, 0.25) is 0 Å². The van der Waals surface area contributed by atoms with Crippen LogP contribution in [0.5, 0.6) is 5.75 Å². The molecule has 1 atom stereocenters. The Balaban J connectivity index is 1.91. The molecule has 120 valence electrons. The number of nitrogens with one attached hydrogen (secondary N) is 1. The van der Waals surface area contributed by atoms with Gasteiger partial charge in [0.15, 0.2) is 0 Å². The first kappa shape index (κ1) is 16.5. The Labute approximate surface area is 134 Å². The van der Waals surface area contributed by atoms with Gasteiger partial charge in [0.05, 0.1) is 22.9 Å². The van der Waals surface area contributed by atoms with Crippen molar-refractivity contribution in [3.8, 4) is 5.75 Å². The highest BCUT2D eigenvalue weighted by Crippen LogP contribution is 2.16. The molecule has 2 rings (SSSR count). The molecule has 0 aliphatic carbocycles. The van der Waals surface area contributed by atoms with Gasteiger partial charge in [-0.25, -0.2) is 0 Å². The molecule has 2 aromatic carbocycles. The van der Waals surface area contributed by atoms with Gasteiger partial charge in [0.1, 0.15) is 5.75 Å². The average Bonchev–Trinajstić information content (AvgIpc) is 2.57. The van der Waals surface area contributed by atoms with Gasteiger partial charge >= 0.3 is 0 Å². The molecular weight excluding hydrogens is 294 g/mol. The lowest BCUT2D eigenvalue weighted by molar-refractivity contribution is -0.384. The number of ether oxygens (including phenoxy) is 1. The highest BCUT2D eigenvalue weighted by molar-refractivity contribution is 5.80. The van der Waals surface area contributed by atoms with Crippen LogP contribution in [0.15, 0.2) is 53.6 Å². The van der Waals surface area contributed by atoms with Crippen molar-refractivity contribution < 1.29 is 9.66 Å². The Kier molecular flexibility index (Phi) is 5.68. The molecule has 0 amide bonds. The van der Waals surface area contributed by atoms with E-state index in [2.05, 4.69) is 17.5 Å². The maximum Gasteiger partial charge on any atom is 0.269 e. The molecule has 0 aromatic heterocycles. The minimum absolute atomic E-state index is 0.0522. The molecule has 6 nitrogen and oxygen atoms in total. The molecule has 0 unspecified atom stereocenters. The van der Waals surface area contributed by atoms with E-state index in [1.165, 1.54) is 12.1 Å². The van der Waals surface area contributed by atoms with Crippen LogP contribution in [0, 0.1) is 10.1 Å². The van der Waals surface area contributed by atoms with E-state index in [-0.39, 0.29) is 11.8 Å². The highest BCUT2D eigenvalue weighted by Gasteiger charge is 2.03. The molecule has 1 N–H and O–H groups in total. The number of nitro groups is 1. The second-order valence-electron chi connectivity index (χ2n) is 5.08. The summed E-state index contributed by atoms with van der Waals surface area (Å²) in [6.45, 7) is 4.11. The van der Waals surface area contributed by atoms with Gasteiger partial charge < -0.3 is 4.74 Å². The van der Waals surface area contributed by atoms with Crippen molar-refractivity contribution >= 4 is 17.6 Å². The van der Waals surface area contributed by atoms with E-state index in [0.29, 0.717) is 5.69 Å². The standard InChI is InChI=1S/C17H19N3O3/c1-3-13(2)23-17-10-4-14(5-11-17)12-18-19-15-6-8-16(9-7-15)20(21)22/h4-13,19H,3H2,1-2H3/b18-12+/t13-/m0/s1. The zero-order valence-electron chi connectivity index (χ0n) is 13.1. The first-order valence-corrected chi connectivity index (χ1v) is 7.38. The summed E-state index contributed by atoms with van der Waals surface area (Å²) in [5, 5.41) is 14.7. The summed E-state index contributed by atoms with van der Waals surface area (Å²) in [4.78, 5) is 10.1. The summed E-state index contributed by atoms with van der Waals surface area (Å²) in [5.41, 5.74) is 4.49. The van der Waals surface area contributed by atoms with E-state index >= 15 is 0 Å². The normalized spacial score (nSPS) is 12.1. The van der Waals surface area contributed by atoms with Gasteiger partial charge in [0.25, 0.3) is 5.69 Å². The number of nitrogens with zero attached hydrogens (tertiary/aromatic N) is 2. The third-order valence-electron chi connectivity index (χ3n) is 3.28. The van der Waals surface area contributed by atoms with E-state index in [1.807, 2.05) is 31.2 Å². The molecule has 0 radical (unpaired) electrons. The fourth-order valence-electron chi connectivity index (χ4n) is 1.79. The number of nitro benzene ring substituents is 1. The minimum Gasteiger partial charge on any atom is -0.491 e. The molecule has 0 bridgehead atoms. The van der Waals surface area contributed by atoms with Crippen LogP contribution in [0.1, 0.15) is 25.8 Å². The second kappa shape index (κ2) is 7.93. The maximum atomic E-state index is 10.6. The van der Waals surface area contributed by atoms with Gasteiger partial charge in [-0.3, -0.25) is 15.5 Å². The summed E-state index contributed by atoms with van der Waals surface area (Å²) in [5.74, 6) is 0.833. The second-order valence-corrected chi connectivity index (χ2v) is 5.08. The van der Waals surface area contributed by atoms with Crippen LogP contribution in [0.3, 0.4) is 0 Å². The van der Waals surface area contributed by atoms with E-state index < -0.39 is 4.92 Å². The Morgan fingerprint density at radius 3 is 2.43 bits per heavy atom. The summed E-state index contributed by atoms with van der Waals surface area (Å²) < 4.78 is 5.71. The number of hydrogen-bond donors (Lipinski definition) is 1. The first-order chi connectivity index (χ1) is 11.1. The van der Waals surface area contributed by atoms with Crippen molar-refractivity contribution in [2.24, 2.45) is 5.10 Å². The molecule has 0 aliphatic heterocycles. The molecule has 0 fully saturated rings. The fourth-order valence-corrected chi connectivity index (χ4v) is 1.79. The maximum absolute atomic E-state index is 10.6. The summed E-state index contributed by atoms with van der Waals surface area (Å²) >= 11 is 0. The largest absolute Gasteiger partial charge is 0.491 e. The van der Waals surface area contributed by atoms with E-state index in [9.17, 15) is 10.1 Å². The van der Waals surface area contributed by atoms with Crippen molar-refractivity contribution in [2.75, 3.05) is 5.43 Å². The van der Waals surface area contributed by atoms with Crippen molar-refractivity contribution in [1.29, 1.82) is 0 Å². The van der Waals surface area contributed by atoms with Gasteiger partial charge in [0, 0.05) is 12.1 Å². The number of hydrazone groups is 1. The average molecular weight is 313 g/mol. The van der Waals surface area contributed by atoms with Crippen LogP contribution in [0.25, 0.3) is 0 Å². The first-order valence-electron chi connectivity index (χ1n) is 7.38. The lowest BCUT2D eigenvalue weighted by Gasteiger charge is -2.12. The molecule has 0 saturated heterocycles. The predicted molar refractivity (Wildman–Crippen MR) is 91.1 cm³/mol. The number of non-ortho nitro benzene ring substituents is 1. The monoisotopic (exact) mass is 313 g/mol. The molecule has 2 aromatic rings. The van der Waals surface area contributed by atoms with Crippen LogP contribution in [-0.4, -0.2) is 17.2 Å². The van der Waals surface area contributed by atoms with Crippen LogP contribution in [-0.2, 0) is 0 Å². The van der Waals surface area contributed by atoms with Gasteiger partial charge in [-0.15, -0.1) is 0 Å². The molecule has 0 spiro atoms. The topological polar surface area (TPSA) is 76.8 Å². The number of rotatable bonds is 7. The lowest BCUT2D eigenvalue weighted by Crippen LogP contribution is -2.09. The smallest absolute Gasteiger partial charge is 0.269 e. The zero-order valence-corrected chi connectivity index (χ0v) is 13.1. The number of anilines is 1. The Morgan fingerprint density at radius 2 is 1.87 bits per heavy atom. The molecule has 23 heavy (non-hydrogen) atoms.